The summed E-state index contributed by atoms with van der Waals surface area (Å²) in [7, 11) is 4.31. The third-order valence-corrected chi connectivity index (χ3v) is 4.04. The van der Waals surface area contributed by atoms with Crippen molar-refractivity contribution in [2.24, 2.45) is 5.92 Å². The molecule has 0 aliphatic carbocycles. The second-order valence-corrected chi connectivity index (χ2v) is 5.74. The van der Waals surface area contributed by atoms with E-state index in [1.165, 1.54) is 31.5 Å². The molecule has 1 fully saturated rings. The van der Waals surface area contributed by atoms with Crippen LogP contribution >= 0.6 is 0 Å². The first-order valence-corrected chi connectivity index (χ1v) is 7.40. The maximum atomic E-state index is 3.67. The van der Waals surface area contributed by atoms with Gasteiger partial charge in [0.25, 0.3) is 0 Å². The lowest BCUT2D eigenvalue weighted by molar-refractivity contribution is 0.275. The van der Waals surface area contributed by atoms with E-state index >= 15 is 0 Å². The zero-order valence-electron chi connectivity index (χ0n) is 12.2. The third-order valence-electron chi connectivity index (χ3n) is 4.04. The lowest BCUT2D eigenvalue weighted by atomic mass is 9.98. The largest absolute Gasteiger partial charge is 0.317 e. The van der Waals surface area contributed by atoms with E-state index in [4.69, 9.17) is 0 Å². The molecular weight excluding hydrogens is 234 g/mol. The minimum atomic E-state index is 0.461. The van der Waals surface area contributed by atoms with E-state index in [-0.39, 0.29) is 0 Å². The Morgan fingerprint density at radius 1 is 1.21 bits per heavy atom. The highest BCUT2D eigenvalue weighted by atomic mass is 15.1. The molecule has 19 heavy (non-hydrogen) atoms. The van der Waals surface area contributed by atoms with Crippen LogP contribution in [0.15, 0.2) is 30.3 Å². The van der Waals surface area contributed by atoms with Crippen molar-refractivity contribution in [1.29, 1.82) is 0 Å². The van der Waals surface area contributed by atoms with Crippen molar-refractivity contribution in [2.75, 3.05) is 40.3 Å². The Balaban J connectivity index is 1.80. The summed E-state index contributed by atoms with van der Waals surface area (Å²) in [6.07, 6.45) is 2.62. The van der Waals surface area contributed by atoms with Crippen molar-refractivity contribution in [2.45, 2.75) is 18.9 Å². The first kappa shape index (κ1) is 14.5. The number of hydrogen-bond donors (Lipinski definition) is 2. The summed E-state index contributed by atoms with van der Waals surface area (Å²) in [5, 5.41) is 7.09. The fourth-order valence-corrected chi connectivity index (χ4v) is 2.78. The summed E-state index contributed by atoms with van der Waals surface area (Å²) >= 11 is 0. The molecule has 0 amide bonds. The van der Waals surface area contributed by atoms with Crippen molar-refractivity contribution in [3.8, 4) is 0 Å². The van der Waals surface area contributed by atoms with Crippen molar-refractivity contribution < 1.29 is 0 Å². The fraction of sp³-hybridized carbons (Fsp3) is 0.625. The van der Waals surface area contributed by atoms with Crippen LogP contribution in [0.4, 0.5) is 0 Å². The van der Waals surface area contributed by atoms with Gasteiger partial charge in [-0.25, -0.2) is 0 Å². The van der Waals surface area contributed by atoms with E-state index < -0.39 is 0 Å². The summed E-state index contributed by atoms with van der Waals surface area (Å²) in [6.45, 7) is 4.55. The Hall–Kier alpha value is -0.900. The Morgan fingerprint density at radius 2 is 1.89 bits per heavy atom. The molecule has 1 aliphatic rings. The molecule has 0 saturated carbocycles. The van der Waals surface area contributed by atoms with Gasteiger partial charge in [0.1, 0.15) is 0 Å². The van der Waals surface area contributed by atoms with E-state index in [0.717, 1.165) is 19.0 Å². The quantitative estimate of drug-likeness (QED) is 0.819. The molecule has 0 aromatic heterocycles. The molecule has 1 aromatic carbocycles. The van der Waals surface area contributed by atoms with Crippen LogP contribution in [0.2, 0.25) is 0 Å². The average molecular weight is 261 g/mol. The predicted molar refractivity (Wildman–Crippen MR) is 81.3 cm³/mol. The van der Waals surface area contributed by atoms with Gasteiger partial charge in [0, 0.05) is 12.6 Å². The van der Waals surface area contributed by atoms with Crippen LogP contribution in [-0.4, -0.2) is 45.2 Å². The van der Waals surface area contributed by atoms with Gasteiger partial charge in [-0.1, -0.05) is 30.3 Å². The molecule has 106 valence electrons. The number of hydrogen-bond acceptors (Lipinski definition) is 3. The highest BCUT2D eigenvalue weighted by Crippen LogP contribution is 2.17. The summed E-state index contributed by atoms with van der Waals surface area (Å²) in [6, 6.07) is 11.2. The van der Waals surface area contributed by atoms with Gasteiger partial charge in [-0.2, -0.15) is 0 Å². The average Bonchev–Trinajstić information content (AvgIpc) is 2.45. The van der Waals surface area contributed by atoms with E-state index in [0.29, 0.717) is 6.04 Å². The van der Waals surface area contributed by atoms with Gasteiger partial charge in [-0.05, 0) is 58.1 Å². The summed E-state index contributed by atoms with van der Waals surface area (Å²) in [5.74, 6) is 0.847. The third kappa shape index (κ3) is 4.60. The van der Waals surface area contributed by atoms with Crippen LogP contribution in [0.5, 0.6) is 0 Å². The van der Waals surface area contributed by atoms with Gasteiger partial charge in [0.05, 0.1) is 0 Å². The number of rotatable bonds is 6. The molecule has 1 atom stereocenters. The Morgan fingerprint density at radius 3 is 2.53 bits per heavy atom. The van der Waals surface area contributed by atoms with Crippen LogP contribution in [0.3, 0.4) is 0 Å². The minimum absolute atomic E-state index is 0.461. The number of benzene rings is 1. The van der Waals surface area contributed by atoms with Crippen LogP contribution in [0, 0.1) is 5.92 Å². The van der Waals surface area contributed by atoms with Gasteiger partial charge in [0.2, 0.25) is 0 Å². The molecule has 3 nitrogen and oxygen atoms in total. The second kappa shape index (κ2) is 7.63. The lowest BCUT2D eigenvalue weighted by Gasteiger charge is -2.27. The van der Waals surface area contributed by atoms with Crippen molar-refractivity contribution >= 4 is 0 Å². The highest BCUT2D eigenvalue weighted by molar-refractivity contribution is 5.19. The summed E-state index contributed by atoms with van der Waals surface area (Å²) in [5.41, 5.74) is 1.39. The van der Waals surface area contributed by atoms with Crippen molar-refractivity contribution in [3.05, 3.63) is 35.9 Å². The van der Waals surface area contributed by atoms with Gasteiger partial charge < -0.3 is 15.5 Å². The monoisotopic (exact) mass is 261 g/mol. The molecule has 1 saturated heterocycles. The van der Waals surface area contributed by atoms with Crippen molar-refractivity contribution in [3.63, 3.8) is 0 Å². The molecular formula is C16H27N3. The Kier molecular flexibility index (Phi) is 5.83. The number of likely N-dealkylation sites (N-methyl/N-ethyl adjacent to an activating group) is 1. The standard InChI is InChI=1S/C16H27N3/c1-19(2)16(15-6-4-3-5-7-15)13-18-12-14-8-10-17-11-9-14/h3-7,14,16-18H,8-13H2,1-2H3. The number of nitrogens with zero attached hydrogens (tertiary/aromatic N) is 1. The molecule has 1 aliphatic heterocycles. The molecule has 0 radical (unpaired) electrons. The van der Waals surface area contributed by atoms with Gasteiger partial charge in [-0.15, -0.1) is 0 Å². The van der Waals surface area contributed by atoms with E-state index in [1.54, 1.807) is 0 Å². The molecule has 2 N–H and O–H groups in total. The predicted octanol–water partition coefficient (Wildman–Crippen LogP) is 1.88. The van der Waals surface area contributed by atoms with Crippen LogP contribution in [-0.2, 0) is 0 Å². The minimum Gasteiger partial charge on any atom is -0.317 e. The van der Waals surface area contributed by atoms with E-state index in [2.05, 4.69) is 60.0 Å². The molecule has 1 unspecified atom stereocenters. The van der Waals surface area contributed by atoms with E-state index in [1.807, 2.05) is 0 Å². The lowest BCUT2D eigenvalue weighted by Crippen LogP contribution is -2.37. The number of piperidine rings is 1. The summed E-state index contributed by atoms with van der Waals surface area (Å²) < 4.78 is 0. The molecule has 1 aromatic rings. The van der Waals surface area contributed by atoms with Crippen LogP contribution in [0.1, 0.15) is 24.4 Å². The zero-order chi connectivity index (χ0) is 13.5. The molecule has 0 bridgehead atoms. The van der Waals surface area contributed by atoms with E-state index in [9.17, 15) is 0 Å². The maximum Gasteiger partial charge on any atom is 0.0466 e. The van der Waals surface area contributed by atoms with Gasteiger partial charge in [0.15, 0.2) is 0 Å². The highest BCUT2D eigenvalue weighted by Gasteiger charge is 2.16. The van der Waals surface area contributed by atoms with Gasteiger partial charge >= 0.3 is 0 Å². The molecule has 2 rings (SSSR count). The Labute approximate surface area is 117 Å². The normalized spacial score (nSPS) is 18.7. The smallest absolute Gasteiger partial charge is 0.0466 e. The topological polar surface area (TPSA) is 27.3 Å². The Bertz CT molecular complexity index is 344. The fourth-order valence-electron chi connectivity index (χ4n) is 2.78. The van der Waals surface area contributed by atoms with Crippen molar-refractivity contribution in [1.82, 2.24) is 15.5 Å². The molecule has 0 spiro atoms. The van der Waals surface area contributed by atoms with Crippen LogP contribution < -0.4 is 10.6 Å². The zero-order valence-corrected chi connectivity index (χ0v) is 12.2. The second-order valence-electron chi connectivity index (χ2n) is 5.74. The maximum absolute atomic E-state index is 3.67. The summed E-state index contributed by atoms with van der Waals surface area (Å²) in [4.78, 5) is 2.30. The first-order valence-electron chi connectivity index (χ1n) is 7.40. The molecule has 3 heteroatoms. The van der Waals surface area contributed by atoms with Crippen LogP contribution in [0.25, 0.3) is 0 Å². The molecule has 1 heterocycles. The number of nitrogens with one attached hydrogen (secondary N) is 2. The SMILES string of the molecule is CN(C)C(CNCC1CCNCC1)c1ccccc1. The first-order chi connectivity index (χ1) is 9.27. The van der Waals surface area contributed by atoms with Gasteiger partial charge in [-0.3, -0.25) is 0 Å².